The highest BCUT2D eigenvalue weighted by Gasteiger charge is 2.31. The molecular formula is C18H21N3O2S. The van der Waals surface area contributed by atoms with Gasteiger partial charge in [-0.2, -0.15) is 0 Å². The molecular weight excluding hydrogens is 322 g/mol. The van der Waals surface area contributed by atoms with Gasteiger partial charge in [-0.1, -0.05) is 25.8 Å². The lowest BCUT2D eigenvalue weighted by molar-refractivity contribution is -0.118. The molecule has 0 saturated heterocycles. The molecule has 1 unspecified atom stereocenters. The molecule has 5 nitrogen and oxygen atoms in total. The average Bonchev–Trinajstić information content (AvgIpc) is 3.09. The zero-order chi connectivity index (χ0) is 17.1. The van der Waals surface area contributed by atoms with Gasteiger partial charge in [-0.25, -0.2) is 4.98 Å². The van der Waals surface area contributed by atoms with Crippen molar-refractivity contribution in [1.29, 1.82) is 0 Å². The van der Waals surface area contributed by atoms with Gasteiger partial charge in [0.1, 0.15) is 0 Å². The fraction of sp³-hybridized carbons (Fsp3) is 0.389. The molecule has 126 valence electrons. The Labute approximate surface area is 146 Å². The molecule has 3 rings (SSSR count). The maximum Gasteiger partial charge on any atom is 0.240 e. The molecule has 0 spiro atoms. The lowest BCUT2D eigenvalue weighted by Crippen LogP contribution is -2.38. The minimum Gasteiger partial charge on any atom is -0.330 e. The first-order valence-corrected chi connectivity index (χ1v) is 9.05. The van der Waals surface area contributed by atoms with Crippen LogP contribution in [0, 0.1) is 0 Å². The molecule has 1 aliphatic heterocycles. The van der Waals surface area contributed by atoms with Crippen LogP contribution in [0.2, 0.25) is 0 Å². The predicted octanol–water partition coefficient (Wildman–Crippen LogP) is 3.39. The number of imidazole rings is 1. The number of amides is 1. The van der Waals surface area contributed by atoms with Crippen LogP contribution in [0.1, 0.15) is 36.5 Å². The largest absolute Gasteiger partial charge is 0.330 e. The van der Waals surface area contributed by atoms with Crippen molar-refractivity contribution in [2.24, 2.45) is 0 Å². The highest BCUT2D eigenvalue weighted by Crippen LogP contribution is 2.40. The lowest BCUT2D eigenvalue weighted by atomic mass is 10.1. The summed E-state index contributed by atoms with van der Waals surface area (Å²) in [7, 11) is 1.80. The summed E-state index contributed by atoms with van der Waals surface area (Å²) in [5.74, 6) is 0.134. The van der Waals surface area contributed by atoms with E-state index in [4.69, 9.17) is 0 Å². The summed E-state index contributed by atoms with van der Waals surface area (Å²) >= 11 is 1.62. The van der Waals surface area contributed by atoms with Gasteiger partial charge in [-0.3, -0.25) is 9.59 Å². The van der Waals surface area contributed by atoms with Gasteiger partial charge < -0.3 is 9.47 Å². The van der Waals surface area contributed by atoms with Gasteiger partial charge in [0, 0.05) is 29.9 Å². The molecule has 24 heavy (non-hydrogen) atoms. The molecule has 2 heterocycles. The molecule has 0 N–H and O–H groups in total. The lowest BCUT2D eigenvalue weighted by Gasteiger charge is -2.31. The fourth-order valence-corrected chi connectivity index (χ4v) is 4.11. The third-order valence-electron chi connectivity index (χ3n) is 4.22. The van der Waals surface area contributed by atoms with E-state index in [9.17, 15) is 9.59 Å². The number of hydrogen-bond acceptors (Lipinski definition) is 4. The first kappa shape index (κ1) is 16.8. The maximum absolute atomic E-state index is 12.5. The van der Waals surface area contributed by atoms with Gasteiger partial charge in [0.2, 0.25) is 5.91 Å². The molecule has 0 aliphatic carbocycles. The molecule has 1 aromatic carbocycles. The molecule has 0 saturated carbocycles. The van der Waals surface area contributed by atoms with Crippen LogP contribution in [0.25, 0.3) is 0 Å². The zero-order valence-corrected chi connectivity index (χ0v) is 14.8. The van der Waals surface area contributed by atoms with Crippen molar-refractivity contribution in [3.05, 3.63) is 42.5 Å². The van der Waals surface area contributed by atoms with Crippen LogP contribution in [-0.4, -0.2) is 33.5 Å². The molecule has 0 fully saturated rings. The number of benzene rings is 1. The van der Waals surface area contributed by atoms with E-state index in [1.807, 2.05) is 18.2 Å². The predicted molar refractivity (Wildman–Crippen MR) is 95.6 cm³/mol. The van der Waals surface area contributed by atoms with Crippen molar-refractivity contribution < 1.29 is 9.59 Å². The Hall–Kier alpha value is -2.08. The van der Waals surface area contributed by atoms with Crippen LogP contribution in [0.3, 0.4) is 0 Å². The standard InChI is InChI=1S/C18H21N3O2S/c1-3-4-5-17-18(23)20(2)14-10-13(6-7-16(14)24-17)15(22)11-21-9-8-19-12-21/h6-10,12,17H,3-5,11H2,1-2H3. The van der Waals surface area contributed by atoms with Gasteiger partial charge in [0.05, 0.1) is 23.8 Å². The Morgan fingerprint density at radius 3 is 2.92 bits per heavy atom. The third kappa shape index (κ3) is 3.38. The van der Waals surface area contributed by atoms with Crippen molar-refractivity contribution in [2.75, 3.05) is 11.9 Å². The summed E-state index contributed by atoms with van der Waals surface area (Å²) < 4.78 is 1.74. The molecule has 0 bridgehead atoms. The van der Waals surface area contributed by atoms with E-state index >= 15 is 0 Å². The summed E-state index contributed by atoms with van der Waals surface area (Å²) in [5.41, 5.74) is 1.45. The maximum atomic E-state index is 12.5. The monoisotopic (exact) mass is 343 g/mol. The van der Waals surface area contributed by atoms with Crippen LogP contribution in [0.5, 0.6) is 0 Å². The summed E-state index contributed by atoms with van der Waals surface area (Å²) in [6, 6.07) is 5.64. The summed E-state index contributed by atoms with van der Waals surface area (Å²) in [6.45, 7) is 2.39. The van der Waals surface area contributed by atoms with Crippen LogP contribution >= 0.6 is 11.8 Å². The first-order valence-electron chi connectivity index (χ1n) is 8.17. The van der Waals surface area contributed by atoms with Gasteiger partial charge in [-0.05, 0) is 18.6 Å². The second kappa shape index (κ2) is 7.21. The Morgan fingerprint density at radius 1 is 1.38 bits per heavy atom. The highest BCUT2D eigenvalue weighted by atomic mass is 32.2. The summed E-state index contributed by atoms with van der Waals surface area (Å²) in [4.78, 5) is 31.7. The number of anilines is 1. The van der Waals surface area contributed by atoms with Crippen molar-refractivity contribution >= 4 is 29.1 Å². The van der Waals surface area contributed by atoms with Gasteiger partial charge in [-0.15, -0.1) is 11.8 Å². The number of carbonyl (C=O) groups is 2. The molecule has 2 aromatic rings. The molecule has 1 aliphatic rings. The normalized spacial score (nSPS) is 17.0. The Bertz CT molecular complexity index is 743. The quantitative estimate of drug-likeness (QED) is 0.755. The number of fused-ring (bicyclic) bond motifs is 1. The van der Waals surface area contributed by atoms with Crippen LogP contribution in [0.4, 0.5) is 5.69 Å². The summed E-state index contributed by atoms with van der Waals surface area (Å²) in [5, 5.41) is -0.0186. The molecule has 1 atom stereocenters. The molecule has 0 radical (unpaired) electrons. The van der Waals surface area contributed by atoms with E-state index in [1.165, 1.54) is 0 Å². The first-order chi connectivity index (χ1) is 11.6. The highest BCUT2D eigenvalue weighted by molar-refractivity contribution is 8.01. The number of rotatable bonds is 6. The van der Waals surface area contributed by atoms with Crippen LogP contribution in [-0.2, 0) is 11.3 Å². The number of hydrogen-bond donors (Lipinski definition) is 0. The van der Waals surface area contributed by atoms with Crippen molar-refractivity contribution in [2.45, 2.75) is 42.9 Å². The minimum atomic E-state index is -0.0186. The van der Waals surface area contributed by atoms with E-state index in [0.29, 0.717) is 5.56 Å². The van der Waals surface area contributed by atoms with E-state index in [1.54, 1.807) is 47.0 Å². The van der Waals surface area contributed by atoms with E-state index < -0.39 is 0 Å². The molecule has 6 heteroatoms. The zero-order valence-electron chi connectivity index (χ0n) is 13.9. The number of nitrogens with zero attached hydrogens (tertiary/aromatic N) is 3. The number of Topliss-reactive ketones (excluding diaryl/α,β-unsaturated/α-hetero) is 1. The third-order valence-corrected chi connectivity index (χ3v) is 5.54. The van der Waals surface area contributed by atoms with Gasteiger partial charge >= 0.3 is 0 Å². The Kier molecular flexibility index (Phi) is 5.04. The van der Waals surface area contributed by atoms with E-state index in [0.717, 1.165) is 29.8 Å². The molecule has 1 amide bonds. The summed E-state index contributed by atoms with van der Waals surface area (Å²) in [6.07, 6.45) is 8.07. The Balaban J connectivity index is 1.81. The van der Waals surface area contributed by atoms with Crippen molar-refractivity contribution in [3.63, 3.8) is 0 Å². The molecule has 1 aromatic heterocycles. The van der Waals surface area contributed by atoms with Gasteiger partial charge in [0.25, 0.3) is 0 Å². The second-order valence-corrected chi connectivity index (χ2v) is 7.23. The smallest absolute Gasteiger partial charge is 0.240 e. The number of thioether (sulfide) groups is 1. The number of aromatic nitrogens is 2. The SMILES string of the molecule is CCCCC1Sc2ccc(C(=O)Cn3ccnc3)cc2N(C)C1=O. The second-order valence-electron chi connectivity index (χ2n) is 5.99. The van der Waals surface area contributed by atoms with Gasteiger partial charge in [0.15, 0.2) is 5.78 Å². The number of carbonyl (C=O) groups excluding carboxylic acids is 2. The number of ketones is 1. The minimum absolute atomic E-state index is 0.00903. The van der Waals surface area contributed by atoms with E-state index in [-0.39, 0.29) is 23.5 Å². The van der Waals surface area contributed by atoms with Crippen LogP contribution < -0.4 is 4.90 Å². The average molecular weight is 343 g/mol. The fourth-order valence-electron chi connectivity index (χ4n) is 2.80. The number of unbranched alkanes of at least 4 members (excludes halogenated alkanes) is 1. The Morgan fingerprint density at radius 2 is 2.21 bits per heavy atom. The van der Waals surface area contributed by atoms with Crippen molar-refractivity contribution in [3.8, 4) is 0 Å². The van der Waals surface area contributed by atoms with Crippen molar-refractivity contribution in [1.82, 2.24) is 9.55 Å². The topological polar surface area (TPSA) is 55.2 Å². The van der Waals surface area contributed by atoms with E-state index in [2.05, 4.69) is 11.9 Å². The van der Waals surface area contributed by atoms with Crippen LogP contribution in [0.15, 0.2) is 41.8 Å².